The van der Waals surface area contributed by atoms with E-state index < -0.39 is 5.97 Å². The molecule has 1 fully saturated rings. The van der Waals surface area contributed by atoms with Crippen molar-refractivity contribution in [2.24, 2.45) is 0 Å². The Balaban J connectivity index is 1.67. The highest BCUT2D eigenvalue weighted by molar-refractivity contribution is 6.31. The summed E-state index contributed by atoms with van der Waals surface area (Å²) in [5.41, 5.74) is 0.507. The summed E-state index contributed by atoms with van der Waals surface area (Å²) in [5, 5.41) is 12.0. The molecule has 0 aromatic carbocycles. The third kappa shape index (κ3) is 2.95. The molecule has 1 amide bonds. The molecule has 0 atom stereocenters. The van der Waals surface area contributed by atoms with E-state index in [0.29, 0.717) is 22.5 Å². The summed E-state index contributed by atoms with van der Waals surface area (Å²) in [5.74, 6) is -1.16. The van der Waals surface area contributed by atoms with E-state index in [1.165, 1.54) is 12.1 Å². The van der Waals surface area contributed by atoms with Crippen molar-refractivity contribution >= 4 is 23.5 Å². The van der Waals surface area contributed by atoms with E-state index in [9.17, 15) is 9.59 Å². The van der Waals surface area contributed by atoms with Crippen LogP contribution >= 0.6 is 11.6 Å². The molecule has 2 heterocycles. The Bertz CT molecular complexity index is 700. The predicted octanol–water partition coefficient (Wildman–Crippen LogP) is 2.70. The number of halogens is 1. The quantitative estimate of drug-likeness (QED) is 0.889. The lowest BCUT2D eigenvalue weighted by Crippen LogP contribution is -2.25. The molecule has 21 heavy (non-hydrogen) atoms. The zero-order valence-corrected chi connectivity index (χ0v) is 11.8. The molecule has 3 rings (SSSR count). The highest BCUT2D eigenvalue weighted by Crippen LogP contribution is 2.37. The molecular formula is C14H13ClN2O4. The summed E-state index contributed by atoms with van der Waals surface area (Å²) in [7, 11) is 0. The predicted molar refractivity (Wildman–Crippen MR) is 74.6 cm³/mol. The van der Waals surface area contributed by atoms with Crippen LogP contribution in [0, 0.1) is 0 Å². The van der Waals surface area contributed by atoms with Gasteiger partial charge in [0.15, 0.2) is 0 Å². The maximum Gasteiger partial charge on any atom is 0.371 e. The molecule has 0 spiro atoms. The number of carboxylic acid groups (broad SMARTS) is 1. The lowest BCUT2D eigenvalue weighted by molar-refractivity contribution is 0.0660. The molecular weight excluding hydrogens is 296 g/mol. The molecule has 1 saturated carbocycles. The summed E-state index contributed by atoms with van der Waals surface area (Å²) < 4.78 is 6.96. The van der Waals surface area contributed by atoms with Crippen LogP contribution in [0.2, 0.25) is 5.02 Å². The number of carbonyl (C=O) groups excluding carboxylic acids is 1. The van der Waals surface area contributed by atoms with Gasteiger partial charge in [0.25, 0.3) is 5.91 Å². The van der Waals surface area contributed by atoms with Crippen molar-refractivity contribution in [3.63, 3.8) is 0 Å². The van der Waals surface area contributed by atoms with Gasteiger partial charge in [-0.2, -0.15) is 0 Å². The summed E-state index contributed by atoms with van der Waals surface area (Å²) in [6.45, 7) is 0.125. The van der Waals surface area contributed by atoms with Crippen LogP contribution in [-0.4, -0.2) is 21.6 Å². The lowest BCUT2D eigenvalue weighted by Gasteiger charge is -2.07. The second-order valence-corrected chi connectivity index (χ2v) is 5.37. The lowest BCUT2D eigenvalue weighted by atomic mass is 10.3. The van der Waals surface area contributed by atoms with E-state index in [4.69, 9.17) is 21.1 Å². The zero-order chi connectivity index (χ0) is 15.0. The molecule has 0 radical (unpaired) electrons. The Hall–Kier alpha value is -2.21. The second kappa shape index (κ2) is 5.29. The van der Waals surface area contributed by atoms with E-state index in [2.05, 4.69) is 5.32 Å². The Kier molecular flexibility index (Phi) is 3.47. The third-order valence-corrected chi connectivity index (χ3v) is 3.49. The summed E-state index contributed by atoms with van der Waals surface area (Å²) in [6.07, 6.45) is 3.85. The monoisotopic (exact) mass is 308 g/mol. The van der Waals surface area contributed by atoms with Gasteiger partial charge in [0.05, 0.1) is 11.6 Å². The number of carbonyl (C=O) groups is 2. The Morgan fingerprint density at radius 2 is 2.19 bits per heavy atom. The first kappa shape index (κ1) is 13.8. The van der Waals surface area contributed by atoms with Crippen LogP contribution in [0.5, 0.6) is 0 Å². The van der Waals surface area contributed by atoms with Gasteiger partial charge in [-0.3, -0.25) is 4.79 Å². The number of amides is 1. The number of rotatable bonds is 5. The first-order valence-electron chi connectivity index (χ1n) is 6.52. The molecule has 1 aliphatic rings. The van der Waals surface area contributed by atoms with Crippen LogP contribution in [0.25, 0.3) is 0 Å². The largest absolute Gasteiger partial charge is 0.475 e. The first-order valence-corrected chi connectivity index (χ1v) is 6.90. The normalized spacial score (nSPS) is 14.1. The molecule has 110 valence electrons. The number of aromatic carboxylic acids is 1. The molecule has 0 bridgehead atoms. The molecule has 2 aromatic heterocycles. The van der Waals surface area contributed by atoms with Gasteiger partial charge < -0.3 is 19.4 Å². The molecule has 0 saturated heterocycles. The highest BCUT2D eigenvalue weighted by atomic mass is 35.5. The number of hydrogen-bond donors (Lipinski definition) is 2. The fourth-order valence-electron chi connectivity index (χ4n) is 2.13. The highest BCUT2D eigenvalue weighted by Gasteiger charge is 2.27. The number of nitrogens with one attached hydrogen (secondary N) is 1. The average molecular weight is 309 g/mol. The van der Waals surface area contributed by atoms with Crippen molar-refractivity contribution in [1.29, 1.82) is 0 Å². The smallest absolute Gasteiger partial charge is 0.371 e. The Morgan fingerprint density at radius 1 is 1.43 bits per heavy atom. The van der Waals surface area contributed by atoms with Crippen molar-refractivity contribution in [3.05, 3.63) is 46.6 Å². The van der Waals surface area contributed by atoms with Crippen LogP contribution < -0.4 is 5.32 Å². The van der Waals surface area contributed by atoms with Crippen molar-refractivity contribution in [3.8, 4) is 0 Å². The molecule has 0 aliphatic heterocycles. The van der Waals surface area contributed by atoms with Crippen LogP contribution in [0.15, 0.2) is 28.8 Å². The molecule has 6 nitrogen and oxygen atoms in total. The minimum Gasteiger partial charge on any atom is -0.475 e. The van der Waals surface area contributed by atoms with Gasteiger partial charge in [-0.05, 0) is 31.0 Å². The molecule has 2 N–H and O–H groups in total. The number of nitrogens with zero attached hydrogens (tertiary/aromatic N) is 1. The topological polar surface area (TPSA) is 84.5 Å². The standard InChI is InChI=1S/C14H13ClN2O4/c15-8-5-11(17(7-8)9-1-2-9)13(18)16-6-10-3-4-12(21-10)14(19)20/h3-5,7,9H,1-2,6H2,(H,16,18)(H,19,20). The number of hydrogen-bond acceptors (Lipinski definition) is 3. The van der Waals surface area contributed by atoms with Crippen LogP contribution in [0.4, 0.5) is 0 Å². The number of furan rings is 1. The molecule has 2 aromatic rings. The van der Waals surface area contributed by atoms with E-state index in [1.54, 1.807) is 12.3 Å². The first-order chi connectivity index (χ1) is 10.0. The van der Waals surface area contributed by atoms with Gasteiger partial charge >= 0.3 is 5.97 Å². The zero-order valence-electron chi connectivity index (χ0n) is 11.0. The van der Waals surface area contributed by atoms with Gasteiger partial charge in [0.1, 0.15) is 11.5 Å². The van der Waals surface area contributed by atoms with E-state index in [0.717, 1.165) is 12.8 Å². The van der Waals surface area contributed by atoms with Crippen molar-refractivity contribution in [2.75, 3.05) is 0 Å². The van der Waals surface area contributed by atoms with Gasteiger partial charge in [0.2, 0.25) is 5.76 Å². The van der Waals surface area contributed by atoms with Crippen molar-refractivity contribution in [2.45, 2.75) is 25.4 Å². The van der Waals surface area contributed by atoms with Crippen molar-refractivity contribution in [1.82, 2.24) is 9.88 Å². The minimum atomic E-state index is -1.14. The van der Waals surface area contributed by atoms with E-state index >= 15 is 0 Å². The fourth-order valence-corrected chi connectivity index (χ4v) is 2.34. The van der Waals surface area contributed by atoms with E-state index in [-0.39, 0.29) is 18.2 Å². The van der Waals surface area contributed by atoms with Crippen molar-refractivity contribution < 1.29 is 19.1 Å². The van der Waals surface area contributed by atoms with Gasteiger partial charge in [0, 0.05) is 12.2 Å². The van der Waals surface area contributed by atoms with Gasteiger partial charge in [-0.15, -0.1) is 0 Å². The SMILES string of the molecule is O=C(O)c1ccc(CNC(=O)c2cc(Cl)cn2C2CC2)o1. The summed E-state index contributed by atoms with van der Waals surface area (Å²) in [4.78, 5) is 22.9. The Morgan fingerprint density at radius 3 is 2.81 bits per heavy atom. The third-order valence-electron chi connectivity index (χ3n) is 3.28. The van der Waals surface area contributed by atoms with Crippen LogP contribution in [-0.2, 0) is 6.54 Å². The van der Waals surface area contributed by atoms with Gasteiger partial charge in [-0.1, -0.05) is 11.6 Å². The molecule has 0 unspecified atom stereocenters. The Labute approximate surface area is 125 Å². The fraction of sp³-hybridized carbons (Fsp3) is 0.286. The minimum absolute atomic E-state index is 0.125. The summed E-state index contributed by atoms with van der Waals surface area (Å²) in [6, 6.07) is 4.85. The maximum absolute atomic E-state index is 12.2. The number of aromatic nitrogens is 1. The second-order valence-electron chi connectivity index (χ2n) is 4.94. The number of carboxylic acids is 1. The summed E-state index contributed by atoms with van der Waals surface area (Å²) >= 11 is 5.95. The van der Waals surface area contributed by atoms with E-state index in [1.807, 2.05) is 4.57 Å². The van der Waals surface area contributed by atoms with Crippen LogP contribution in [0.3, 0.4) is 0 Å². The molecule has 7 heteroatoms. The molecule has 1 aliphatic carbocycles. The maximum atomic E-state index is 12.2. The average Bonchev–Trinajstić information content (AvgIpc) is 3.04. The van der Waals surface area contributed by atoms with Crippen LogP contribution in [0.1, 0.15) is 45.7 Å². The van der Waals surface area contributed by atoms with Gasteiger partial charge in [-0.25, -0.2) is 4.79 Å².